The van der Waals surface area contributed by atoms with Gasteiger partial charge in [0.05, 0.1) is 12.7 Å². The van der Waals surface area contributed by atoms with Gasteiger partial charge >= 0.3 is 0 Å². The maximum atomic E-state index is 6.18. The first-order chi connectivity index (χ1) is 8.16. The highest BCUT2D eigenvalue weighted by atomic mass is 16.5. The number of nitrogen functional groups attached to an aromatic ring is 1. The van der Waals surface area contributed by atoms with Crippen LogP contribution in [0.1, 0.15) is 5.56 Å². The summed E-state index contributed by atoms with van der Waals surface area (Å²) in [7, 11) is 2.08. The maximum absolute atomic E-state index is 6.18. The molecule has 4 N–H and O–H groups in total. The third kappa shape index (κ3) is 3.15. The van der Waals surface area contributed by atoms with Gasteiger partial charge in [0.2, 0.25) is 0 Å². The topological polar surface area (TPSA) is 77.4 Å². The summed E-state index contributed by atoms with van der Waals surface area (Å²) in [6, 6.07) is 3.81. The number of nitrogens with two attached hydrogens (primary N) is 2. The van der Waals surface area contributed by atoms with E-state index in [1.165, 1.54) is 0 Å². The molecule has 0 amide bonds. The molecule has 1 aromatic heterocycles. The zero-order chi connectivity index (χ0) is 12.3. The summed E-state index contributed by atoms with van der Waals surface area (Å²) in [4.78, 5) is 6.30. The SMILES string of the molecule is CN1CCOC(C(N)Cc2cccnc2N)C1. The van der Waals surface area contributed by atoms with Gasteiger partial charge in [-0.2, -0.15) is 0 Å². The van der Waals surface area contributed by atoms with Crippen LogP contribution in [0.25, 0.3) is 0 Å². The Hall–Kier alpha value is -1.17. The van der Waals surface area contributed by atoms with E-state index >= 15 is 0 Å². The average molecular weight is 236 g/mol. The number of rotatable bonds is 3. The Bertz CT molecular complexity index is 371. The van der Waals surface area contributed by atoms with Crippen LogP contribution in [-0.4, -0.2) is 48.8 Å². The Morgan fingerprint density at radius 1 is 1.65 bits per heavy atom. The summed E-state index contributed by atoms with van der Waals surface area (Å²) in [5.41, 5.74) is 13.0. The van der Waals surface area contributed by atoms with Crippen LogP contribution in [0, 0.1) is 0 Å². The second-order valence-corrected chi connectivity index (χ2v) is 4.59. The third-order valence-corrected chi connectivity index (χ3v) is 3.16. The van der Waals surface area contributed by atoms with Crippen LogP contribution in [-0.2, 0) is 11.2 Å². The third-order valence-electron chi connectivity index (χ3n) is 3.16. The standard InChI is InChI=1S/C12H20N4O/c1-16-5-6-17-11(8-16)10(13)7-9-3-2-4-15-12(9)14/h2-4,10-11H,5-8,13H2,1H3,(H2,14,15). The number of hydrogen-bond acceptors (Lipinski definition) is 5. The van der Waals surface area contributed by atoms with Crippen molar-refractivity contribution < 1.29 is 4.74 Å². The van der Waals surface area contributed by atoms with Gasteiger partial charge in [0.15, 0.2) is 0 Å². The number of morpholine rings is 1. The summed E-state index contributed by atoms with van der Waals surface area (Å²) in [6.45, 7) is 2.59. The molecule has 94 valence electrons. The fourth-order valence-electron chi connectivity index (χ4n) is 2.08. The minimum atomic E-state index is -0.0377. The van der Waals surface area contributed by atoms with Crippen molar-refractivity contribution in [1.82, 2.24) is 9.88 Å². The van der Waals surface area contributed by atoms with Crippen LogP contribution < -0.4 is 11.5 Å². The number of aromatic nitrogens is 1. The van der Waals surface area contributed by atoms with E-state index in [2.05, 4.69) is 16.9 Å². The summed E-state index contributed by atoms with van der Waals surface area (Å²) in [6.07, 6.45) is 2.47. The summed E-state index contributed by atoms with van der Waals surface area (Å²) < 4.78 is 5.69. The lowest BCUT2D eigenvalue weighted by Gasteiger charge is -2.33. The van der Waals surface area contributed by atoms with Crippen molar-refractivity contribution in [2.45, 2.75) is 18.6 Å². The van der Waals surface area contributed by atoms with Crippen molar-refractivity contribution in [2.75, 3.05) is 32.5 Å². The lowest BCUT2D eigenvalue weighted by atomic mass is 10.0. The first kappa shape index (κ1) is 12.3. The lowest BCUT2D eigenvalue weighted by molar-refractivity contribution is -0.0318. The van der Waals surface area contributed by atoms with Crippen LogP contribution in [0.4, 0.5) is 5.82 Å². The molecule has 0 aromatic carbocycles. The molecular formula is C12H20N4O. The molecule has 0 radical (unpaired) electrons. The molecule has 2 heterocycles. The molecule has 5 heteroatoms. The van der Waals surface area contributed by atoms with Crippen LogP contribution in [0.2, 0.25) is 0 Å². The Kier molecular flexibility index (Phi) is 3.93. The summed E-state index contributed by atoms with van der Waals surface area (Å²) >= 11 is 0. The van der Waals surface area contributed by atoms with E-state index in [4.69, 9.17) is 16.2 Å². The van der Waals surface area contributed by atoms with Crippen LogP contribution in [0.15, 0.2) is 18.3 Å². The Morgan fingerprint density at radius 2 is 2.47 bits per heavy atom. The predicted molar refractivity (Wildman–Crippen MR) is 67.6 cm³/mol. The van der Waals surface area contributed by atoms with Gasteiger partial charge in [0.25, 0.3) is 0 Å². The molecular weight excluding hydrogens is 216 g/mol. The second-order valence-electron chi connectivity index (χ2n) is 4.59. The molecule has 2 unspecified atom stereocenters. The zero-order valence-electron chi connectivity index (χ0n) is 10.2. The van der Waals surface area contributed by atoms with E-state index in [0.29, 0.717) is 12.2 Å². The number of ether oxygens (including phenoxy) is 1. The second kappa shape index (κ2) is 5.44. The molecule has 17 heavy (non-hydrogen) atoms. The molecule has 2 rings (SSSR count). The largest absolute Gasteiger partial charge is 0.383 e. The van der Waals surface area contributed by atoms with Gasteiger partial charge in [-0.05, 0) is 25.1 Å². The van der Waals surface area contributed by atoms with Crippen molar-refractivity contribution in [3.8, 4) is 0 Å². The van der Waals surface area contributed by atoms with Crippen LogP contribution in [0.3, 0.4) is 0 Å². The quantitative estimate of drug-likeness (QED) is 0.764. The lowest BCUT2D eigenvalue weighted by Crippen LogP contribution is -2.50. The number of anilines is 1. The molecule has 0 spiro atoms. The summed E-state index contributed by atoms with van der Waals surface area (Å²) in [5.74, 6) is 0.562. The van der Waals surface area contributed by atoms with E-state index in [-0.39, 0.29) is 12.1 Å². The van der Waals surface area contributed by atoms with E-state index in [0.717, 1.165) is 25.3 Å². The van der Waals surface area contributed by atoms with Crippen molar-refractivity contribution >= 4 is 5.82 Å². The van der Waals surface area contributed by atoms with Gasteiger partial charge in [0, 0.05) is 25.3 Å². The van der Waals surface area contributed by atoms with Crippen molar-refractivity contribution in [3.05, 3.63) is 23.9 Å². The Labute approximate surface area is 102 Å². The monoisotopic (exact) mass is 236 g/mol. The van der Waals surface area contributed by atoms with Crippen molar-refractivity contribution in [3.63, 3.8) is 0 Å². The molecule has 1 aromatic rings. The normalized spacial score (nSPS) is 23.5. The highest BCUT2D eigenvalue weighted by Crippen LogP contribution is 2.14. The van der Waals surface area contributed by atoms with E-state index in [1.807, 2.05) is 12.1 Å². The smallest absolute Gasteiger partial charge is 0.126 e. The minimum Gasteiger partial charge on any atom is -0.383 e. The molecule has 0 bridgehead atoms. The van der Waals surface area contributed by atoms with E-state index in [1.54, 1.807) is 6.20 Å². The first-order valence-corrected chi connectivity index (χ1v) is 5.92. The molecule has 1 aliphatic heterocycles. The Balaban J connectivity index is 1.96. The fourth-order valence-corrected chi connectivity index (χ4v) is 2.08. The number of nitrogens with zero attached hydrogens (tertiary/aromatic N) is 2. The van der Waals surface area contributed by atoms with Gasteiger partial charge in [0.1, 0.15) is 5.82 Å². The molecule has 1 saturated heterocycles. The van der Waals surface area contributed by atoms with Crippen molar-refractivity contribution in [2.24, 2.45) is 5.73 Å². The van der Waals surface area contributed by atoms with E-state index in [9.17, 15) is 0 Å². The number of likely N-dealkylation sites (N-methyl/N-ethyl adjacent to an activating group) is 1. The average Bonchev–Trinajstić information content (AvgIpc) is 2.32. The fraction of sp³-hybridized carbons (Fsp3) is 0.583. The zero-order valence-corrected chi connectivity index (χ0v) is 10.2. The van der Waals surface area contributed by atoms with Gasteiger partial charge in [-0.25, -0.2) is 4.98 Å². The molecule has 5 nitrogen and oxygen atoms in total. The first-order valence-electron chi connectivity index (χ1n) is 5.92. The molecule has 2 atom stereocenters. The number of pyridine rings is 1. The van der Waals surface area contributed by atoms with Crippen LogP contribution in [0.5, 0.6) is 0 Å². The highest BCUT2D eigenvalue weighted by molar-refractivity contribution is 5.38. The van der Waals surface area contributed by atoms with Gasteiger partial charge < -0.3 is 21.1 Å². The predicted octanol–water partition coefficient (Wildman–Crippen LogP) is -0.136. The minimum absolute atomic E-state index is 0.0377. The van der Waals surface area contributed by atoms with E-state index < -0.39 is 0 Å². The van der Waals surface area contributed by atoms with Gasteiger partial charge in [-0.3, -0.25) is 0 Å². The van der Waals surface area contributed by atoms with Gasteiger partial charge in [-0.1, -0.05) is 6.07 Å². The van der Waals surface area contributed by atoms with Gasteiger partial charge in [-0.15, -0.1) is 0 Å². The van der Waals surface area contributed by atoms with Crippen LogP contribution >= 0.6 is 0 Å². The maximum Gasteiger partial charge on any atom is 0.126 e. The molecule has 1 fully saturated rings. The van der Waals surface area contributed by atoms with Crippen molar-refractivity contribution in [1.29, 1.82) is 0 Å². The number of hydrogen-bond donors (Lipinski definition) is 2. The molecule has 1 aliphatic rings. The summed E-state index contributed by atoms with van der Waals surface area (Å²) in [5, 5.41) is 0. The highest BCUT2D eigenvalue weighted by Gasteiger charge is 2.24. The Morgan fingerprint density at radius 3 is 3.18 bits per heavy atom. The molecule has 0 saturated carbocycles. The molecule has 0 aliphatic carbocycles.